The van der Waals surface area contributed by atoms with Crippen molar-refractivity contribution in [1.82, 2.24) is 10.2 Å². The molecule has 1 saturated heterocycles. The number of nitrogens with one attached hydrogen (secondary N) is 1. The third-order valence-corrected chi connectivity index (χ3v) is 5.31. The van der Waals surface area contributed by atoms with Crippen molar-refractivity contribution in [2.75, 3.05) is 13.1 Å². The predicted molar refractivity (Wildman–Crippen MR) is 80.5 cm³/mol. The molecule has 0 aliphatic carbocycles. The second kappa shape index (κ2) is 5.21. The highest BCUT2D eigenvalue weighted by Crippen LogP contribution is 2.37. The average molecular weight is 272 g/mol. The lowest BCUT2D eigenvalue weighted by Gasteiger charge is -2.26. The molecule has 0 spiro atoms. The van der Waals surface area contributed by atoms with Crippen LogP contribution in [0, 0.1) is 5.41 Å². The van der Waals surface area contributed by atoms with Crippen LogP contribution in [0.2, 0.25) is 0 Å². The normalized spacial score (nSPS) is 20.2. The summed E-state index contributed by atoms with van der Waals surface area (Å²) in [5.41, 5.74) is 3.83. The minimum absolute atomic E-state index is 0.212. The monoisotopic (exact) mass is 272 g/mol. The minimum atomic E-state index is 0.212. The third-order valence-electron chi connectivity index (χ3n) is 5.31. The number of benzene rings is 1. The maximum absolute atomic E-state index is 12.7. The van der Waals surface area contributed by atoms with Crippen LogP contribution in [0.4, 0.5) is 0 Å². The summed E-state index contributed by atoms with van der Waals surface area (Å²) in [4.78, 5) is 14.7. The lowest BCUT2D eigenvalue weighted by Crippen LogP contribution is -2.31. The number of hydrogen-bond acceptors (Lipinski definition) is 2. The Morgan fingerprint density at radius 1 is 1.25 bits per heavy atom. The summed E-state index contributed by atoms with van der Waals surface area (Å²) in [5, 5.41) is 3.33. The molecule has 2 aliphatic heterocycles. The van der Waals surface area contributed by atoms with E-state index in [9.17, 15) is 4.79 Å². The maximum Gasteiger partial charge on any atom is 0.253 e. The van der Waals surface area contributed by atoms with E-state index in [-0.39, 0.29) is 5.91 Å². The molecule has 2 heterocycles. The molecule has 1 fully saturated rings. The van der Waals surface area contributed by atoms with Crippen LogP contribution < -0.4 is 5.32 Å². The molecule has 0 atom stereocenters. The van der Waals surface area contributed by atoms with Crippen molar-refractivity contribution < 1.29 is 4.79 Å². The van der Waals surface area contributed by atoms with Crippen LogP contribution in [0.3, 0.4) is 0 Å². The molecule has 3 nitrogen and oxygen atoms in total. The van der Waals surface area contributed by atoms with Crippen LogP contribution in [0.15, 0.2) is 18.2 Å². The van der Waals surface area contributed by atoms with Crippen LogP contribution in [0.5, 0.6) is 0 Å². The van der Waals surface area contributed by atoms with E-state index < -0.39 is 0 Å². The van der Waals surface area contributed by atoms with E-state index in [0.717, 1.165) is 38.2 Å². The number of amides is 1. The maximum atomic E-state index is 12.7. The highest BCUT2D eigenvalue weighted by molar-refractivity contribution is 5.94. The van der Waals surface area contributed by atoms with Gasteiger partial charge in [-0.25, -0.2) is 0 Å². The lowest BCUT2D eigenvalue weighted by atomic mass is 9.82. The molecule has 0 unspecified atom stereocenters. The van der Waals surface area contributed by atoms with Gasteiger partial charge in [-0.2, -0.15) is 0 Å². The van der Waals surface area contributed by atoms with Gasteiger partial charge < -0.3 is 10.2 Å². The average Bonchev–Trinajstić information content (AvgIpc) is 3.13. The Morgan fingerprint density at radius 3 is 2.70 bits per heavy atom. The molecule has 1 N–H and O–H groups in total. The molecule has 3 heteroatoms. The van der Waals surface area contributed by atoms with Gasteiger partial charge in [0, 0.05) is 31.7 Å². The van der Waals surface area contributed by atoms with Crippen molar-refractivity contribution in [2.45, 2.75) is 46.2 Å². The number of rotatable bonds is 3. The number of nitrogens with zero attached hydrogens (tertiary/aromatic N) is 1. The second-order valence-electron chi connectivity index (χ2n) is 6.27. The number of hydrogen-bond donors (Lipinski definition) is 1. The zero-order chi connectivity index (χ0) is 14.2. The van der Waals surface area contributed by atoms with Gasteiger partial charge in [-0.15, -0.1) is 0 Å². The molecule has 0 bridgehead atoms. The quantitative estimate of drug-likeness (QED) is 0.917. The van der Waals surface area contributed by atoms with E-state index in [2.05, 4.69) is 36.2 Å². The number of likely N-dealkylation sites (tertiary alicyclic amines) is 1. The molecule has 108 valence electrons. The fourth-order valence-corrected chi connectivity index (χ4v) is 3.55. The molecule has 0 aromatic heterocycles. The molecule has 1 aromatic carbocycles. The first kappa shape index (κ1) is 13.6. The molecule has 20 heavy (non-hydrogen) atoms. The van der Waals surface area contributed by atoms with Gasteiger partial charge in [0.05, 0.1) is 0 Å². The van der Waals surface area contributed by atoms with E-state index in [1.54, 1.807) is 0 Å². The largest absolute Gasteiger partial charge is 0.338 e. The van der Waals surface area contributed by atoms with Crippen molar-refractivity contribution in [3.8, 4) is 0 Å². The van der Waals surface area contributed by atoms with E-state index in [4.69, 9.17) is 0 Å². The molecule has 1 amide bonds. The van der Waals surface area contributed by atoms with Gasteiger partial charge in [0.1, 0.15) is 0 Å². The van der Waals surface area contributed by atoms with Gasteiger partial charge in [0.2, 0.25) is 0 Å². The highest BCUT2D eigenvalue weighted by Gasteiger charge is 2.37. The summed E-state index contributed by atoms with van der Waals surface area (Å²) in [6.07, 6.45) is 3.49. The molecule has 2 aliphatic rings. The topological polar surface area (TPSA) is 32.3 Å². The first-order chi connectivity index (χ1) is 9.67. The zero-order valence-corrected chi connectivity index (χ0v) is 12.5. The molecule has 3 rings (SSSR count). The van der Waals surface area contributed by atoms with E-state index >= 15 is 0 Å². The predicted octanol–water partition coefficient (Wildman–Crippen LogP) is 2.94. The van der Waals surface area contributed by atoms with Gasteiger partial charge in [-0.1, -0.05) is 19.9 Å². The van der Waals surface area contributed by atoms with E-state index in [1.807, 2.05) is 6.07 Å². The minimum Gasteiger partial charge on any atom is -0.338 e. The third kappa shape index (κ3) is 2.24. The molecule has 1 aromatic rings. The van der Waals surface area contributed by atoms with Crippen LogP contribution >= 0.6 is 0 Å². The SMILES string of the molecule is CCC1(CC)CCN(C(=O)c2ccc3c(c2)CNC3)C1. The van der Waals surface area contributed by atoms with E-state index in [1.165, 1.54) is 24.0 Å². The Kier molecular flexibility index (Phi) is 3.55. The molecule has 0 radical (unpaired) electrons. The number of carbonyl (C=O) groups is 1. The van der Waals surface area contributed by atoms with Crippen LogP contribution in [-0.4, -0.2) is 23.9 Å². The summed E-state index contributed by atoms with van der Waals surface area (Å²) in [6, 6.07) is 6.17. The van der Waals surface area contributed by atoms with Crippen molar-refractivity contribution in [1.29, 1.82) is 0 Å². The van der Waals surface area contributed by atoms with Crippen molar-refractivity contribution in [3.05, 3.63) is 34.9 Å². The van der Waals surface area contributed by atoms with Gasteiger partial charge in [0.25, 0.3) is 5.91 Å². The Bertz CT molecular complexity index is 520. The molecular formula is C17H24N2O. The van der Waals surface area contributed by atoms with Crippen molar-refractivity contribution in [3.63, 3.8) is 0 Å². The first-order valence-corrected chi connectivity index (χ1v) is 7.79. The summed E-state index contributed by atoms with van der Waals surface area (Å²) in [5.74, 6) is 0.212. The number of carbonyl (C=O) groups excluding carboxylic acids is 1. The molecule has 0 saturated carbocycles. The Balaban J connectivity index is 1.77. The fraction of sp³-hybridized carbons (Fsp3) is 0.588. The first-order valence-electron chi connectivity index (χ1n) is 7.79. The Hall–Kier alpha value is -1.35. The van der Waals surface area contributed by atoms with Crippen LogP contribution in [0.1, 0.15) is 54.6 Å². The lowest BCUT2D eigenvalue weighted by molar-refractivity contribution is 0.0770. The Labute approximate surface area is 121 Å². The standard InChI is InChI=1S/C17H24N2O/c1-3-17(4-2)7-8-19(12-17)16(20)13-5-6-14-10-18-11-15(14)9-13/h5-6,9,18H,3-4,7-8,10-12H2,1-2H3. The summed E-state index contributed by atoms with van der Waals surface area (Å²) in [6.45, 7) is 8.16. The molecular weight excluding hydrogens is 248 g/mol. The number of fused-ring (bicyclic) bond motifs is 1. The highest BCUT2D eigenvalue weighted by atomic mass is 16.2. The Morgan fingerprint density at radius 2 is 2.00 bits per heavy atom. The zero-order valence-electron chi connectivity index (χ0n) is 12.5. The van der Waals surface area contributed by atoms with Crippen LogP contribution in [0.25, 0.3) is 0 Å². The summed E-state index contributed by atoms with van der Waals surface area (Å²) in [7, 11) is 0. The fourth-order valence-electron chi connectivity index (χ4n) is 3.55. The van der Waals surface area contributed by atoms with Gasteiger partial charge in [-0.05, 0) is 47.9 Å². The van der Waals surface area contributed by atoms with Crippen molar-refractivity contribution >= 4 is 5.91 Å². The van der Waals surface area contributed by atoms with Crippen LogP contribution in [-0.2, 0) is 13.1 Å². The van der Waals surface area contributed by atoms with Crippen molar-refractivity contribution in [2.24, 2.45) is 5.41 Å². The summed E-state index contributed by atoms with van der Waals surface area (Å²) < 4.78 is 0. The smallest absolute Gasteiger partial charge is 0.253 e. The second-order valence-corrected chi connectivity index (χ2v) is 6.27. The van der Waals surface area contributed by atoms with Gasteiger partial charge in [0.15, 0.2) is 0 Å². The summed E-state index contributed by atoms with van der Waals surface area (Å²) >= 11 is 0. The van der Waals surface area contributed by atoms with E-state index in [0.29, 0.717) is 5.41 Å². The van der Waals surface area contributed by atoms with Gasteiger partial charge in [-0.3, -0.25) is 4.79 Å². The van der Waals surface area contributed by atoms with Gasteiger partial charge >= 0.3 is 0 Å².